The van der Waals surface area contributed by atoms with Crippen molar-refractivity contribution >= 4 is 17.2 Å². The molecular formula is C23H27N2O2S+. The largest absolute Gasteiger partial charge is 0.492 e. The van der Waals surface area contributed by atoms with Crippen LogP contribution in [0.25, 0.3) is 0 Å². The second kappa shape index (κ2) is 10.1. The highest BCUT2D eigenvalue weighted by Gasteiger charge is 2.19. The maximum absolute atomic E-state index is 12.3. The molecule has 3 N–H and O–H groups in total. The number of nitrogens with two attached hydrogens (primary N) is 1. The van der Waals surface area contributed by atoms with Crippen molar-refractivity contribution in [1.82, 2.24) is 5.32 Å². The van der Waals surface area contributed by atoms with Gasteiger partial charge in [0, 0.05) is 5.56 Å². The van der Waals surface area contributed by atoms with Gasteiger partial charge in [-0.15, -0.1) is 11.3 Å². The number of carbonyl (C=O) groups is 1. The highest BCUT2D eigenvalue weighted by molar-refractivity contribution is 7.10. The molecule has 0 fully saturated rings. The van der Waals surface area contributed by atoms with E-state index in [1.807, 2.05) is 31.2 Å². The minimum Gasteiger partial charge on any atom is -0.492 e. The third-order valence-electron chi connectivity index (χ3n) is 4.51. The quantitative estimate of drug-likeness (QED) is 0.547. The van der Waals surface area contributed by atoms with Crippen LogP contribution in [0.5, 0.6) is 5.75 Å². The van der Waals surface area contributed by atoms with Crippen molar-refractivity contribution in [2.45, 2.75) is 19.9 Å². The van der Waals surface area contributed by atoms with Crippen molar-refractivity contribution in [2.24, 2.45) is 0 Å². The molecule has 0 aliphatic heterocycles. The van der Waals surface area contributed by atoms with E-state index < -0.39 is 0 Å². The molecule has 1 amide bonds. The van der Waals surface area contributed by atoms with Gasteiger partial charge in [-0.05, 0) is 43.0 Å². The fraction of sp³-hybridized carbons (Fsp3) is 0.261. The van der Waals surface area contributed by atoms with E-state index in [1.165, 1.54) is 16.0 Å². The standard InChI is InChI=1S/C23H26N2O2S/c1-17-8-10-19(11-9-17)23(21-7-4-14-28-21)25-16-22(26)24-12-13-27-20-6-3-5-18(2)15-20/h3-11,14-15,23,25H,12-13,16H2,1-2H3,(H,24,26)/p+1/t23-/m1/s1. The van der Waals surface area contributed by atoms with Crippen molar-refractivity contribution in [2.75, 3.05) is 19.7 Å². The average molecular weight is 396 g/mol. The molecule has 2 aromatic carbocycles. The van der Waals surface area contributed by atoms with E-state index in [-0.39, 0.29) is 11.9 Å². The van der Waals surface area contributed by atoms with E-state index >= 15 is 0 Å². The van der Waals surface area contributed by atoms with Gasteiger partial charge in [0.25, 0.3) is 5.91 Å². The first-order valence-corrected chi connectivity index (χ1v) is 10.4. The Labute approximate surface area is 170 Å². The van der Waals surface area contributed by atoms with Crippen molar-refractivity contribution in [1.29, 1.82) is 0 Å². The zero-order valence-electron chi connectivity index (χ0n) is 16.4. The van der Waals surface area contributed by atoms with Gasteiger partial charge in [0.15, 0.2) is 6.54 Å². The second-order valence-electron chi connectivity index (χ2n) is 6.86. The normalized spacial score (nSPS) is 11.8. The number of carbonyl (C=O) groups excluding carboxylic acids is 1. The third-order valence-corrected chi connectivity index (χ3v) is 5.46. The van der Waals surface area contributed by atoms with Gasteiger partial charge in [-0.2, -0.15) is 0 Å². The summed E-state index contributed by atoms with van der Waals surface area (Å²) < 4.78 is 5.68. The van der Waals surface area contributed by atoms with Gasteiger partial charge in [0.2, 0.25) is 0 Å². The second-order valence-corrected chi connectivity index (χ2v) is 7.84. The van der Waals surface area contributed by atoms with Crippen molar-refractivity contribution in [3.63, 3.8) is 0 Å². The van der Waals surface area contributed by atoms with Crippen LogP contribution in [-0.4, -0.2) is 25.6 Å². The number of nitrogens with one attached hydrogen (secondary N) is 1. The molecule has 0 unspecified atom stereocenters. The Kier molecular flexibility index (Phi) is 7.23. The summed E-state index contributed by atoms with van der Waals surface area (Å²) in [7, 11) is 0. The number of thiophene rings is 1. The van der Waals surface area contributed by atoms with Gasteiger partial charge in [0.05, 0.1) is 11.4 Å². The summed E-state index contributed by atoms with van der Waals surface area (Å²) in [6.07, 6.45) is 0. The molecule has 0 saturated heterocycles. The van der Waals surface area contributed by atoms with Crippen LogP contribution in [0.4, 0.5) is 0 Å². The number of benzene rings is 2. The Morgan fingerprint density at radius 3 is 2.61 bits per heavy atom. The van der Waals surface area contributed by atoms with Crippen LogP contribution in [0, 0.1) is 13.8 Å². The number of hydrogen-bond donors (Lipinski definition) is 2. The predicted molar refractivity (Wildman–Crippen MR) is 114 cm³/mol. The van der Waals surface area contributed by atoms with Gasteiger partial charge >= 0.3 is 0 Å². The summed E-state index contributed by atoms with van der Waals surface area (Å²) in [5.41, 5.74) is 3.61. The number of rotatable bonds is 9. The Morgan fingerprint density at radius 2 is 1.89 bits per heavy atom. The zero-order valence-corrected chi connectivity index (χ0v) is 17.2. The minimum atomic E-state index is 0.0153. The molecule has 0 bridgehead atoms. The molecule has 0 radical (unpaired) electrons. The number of aryl methyl sites for hydroxylation is 2. The first kappa shape index (κ1) is 20.1. The Bertz CT molecular complexity index is 876. The first-order chi connectivity index (χ1) is 13.6. The van der Waals surface area contributed by atoms with E-state index in [0.29, 0.717) is 19.7 Å². The van der Waals surface area contributed by atoms with E-state index in [0.717, 1.165) is 11.3 Å². The maximum Gasteiger partial charge on any atom is 0.275 e. The molecule has 0 aliphatic carbocycles. The summed E-state index contributed by atoms with van der Waals surface area (Å²) in [6.45, 7) is 5.44. The molecule has 3 aromatic rings. The fourth-order valence-corrected chi connectivity index (χ4v) is 3.87. The molecule has 0 saturated carbocycles. The van der Waals surface area contributed by atoms with E-state index in [9.17, 15) is 4.79 Å². The zero-order chi connectivity index (χ0) is 19.8. The van der Waals surface area contributed by atoms with Gasteiger partial charge in [0.1, 0.15) is 18.4 Å². The van der Waals surface area contributed by atoms with Gasteiger partial charge in [-0.1, -0.05) is 48.0 Å². The highest BCUT2D eigenvalue weighted by Crippen LogP contribution is 2.22. The lowest BCUT2D eigenvalue weighted by Crippen LogP contribution is -2.87. The molecule has 1 heterocycles. The molecule has 1 aromatic heterocycles. The lowest BCUT2D eigenvalue weighted by atomic mass is 10.0. The van der Waals surface area contributed by atoms with Gasteiger partial charge in [-0.25, -0.2) is 0 Å². The molecule has 0 aliphatic rings. The Hall–Kier alpha value is -2.63. The summed E-state index contributed by atoms with van der Waals surface area (Å²) in [6, 6.07) is 20.7. The molecular weight excluding hydrogens is 368 g/mol. The molecule has 146 valence electrons. The SMILES string of the molecule is Cc1ccc([C@@H]([NH2+]CC(=O)NCCOc2cccc(C)c2)c2cccs2)cc1. The van der Waals surface area contributed by atoms with Crippen molar-refractivity contribution in [3.05, 3.63) is 87.6 Å². The smallest absolute Gasteiger partial charge is 0.275 e. The summed E-state index contributed by atoms with van der Waals surface area (Å²) in [4.78, 5) is 13.5. The van der Waals surface area contributed by atoms with E-state index in [2.05, 4.69) is 59.3 Å². The van der Waals surface area contributed by atoms with Crippen LogP contribution in [0.15, 0.2) is 66.0 Å². The lowest BCUT2D eigenvalue weighted by molar-refractivity contribution is -0.676. The average Bonchev–Trinajstić information content (AvgIpc) is 3.21. The van der Waals surface area contributed by atoms with Crippen LogP contribution in [0.2, 0.25) is 0 Å². The Morgan fingerprint density at radius 1 is 1.07 bits per heavy atom. The molecule has 1 atom stereocenters. The number of hydrogen-bond acceptors (Lipinski definition) is 3. The molecule has 4 nitrogen and oxygen atoms in total. The first-order valence-electron chi connectivity index (χ1n) is 9.51. The maximum atomic E-state index is 12.3. The molecule has 28 heavy (non-hydrogen) atoms. The monoisotopic (exact) mass is 395 g/mol. The summed E-state index contributed by atoms with van der Waals surface area (Å²) in [5, 5.41) is 7.10. The van der Waals surface area contributed by atoms with E-state index in [1.54, 1.807) is 11.3 Å². The lowest BCUT2D eigenvalue weighted by Gasteiger charge is -2.15. The van der Waals surface area contributed by atoms with Crippen LogP contribution >= 0.6 is 11.3 Å². The van der Waals surface area contributed by atoms with Gasteiger partial charge in [-0.3, -0.25) is 4.79 Å². The minimum absolute atomic E-state index is 0.0153. The van der Waals surface area contributed by atoms with Crippen LogP contribution in [-0.2, 0) is 4.79 Å². The van der Waals surface area contributed by atoms with Crippen LogP contribution < -0.4 is 15.4 Å². The van der Waals surface area contributed by atoms with E-state index in [4.69, 9.17) is 4.74 Å². The van der Waals surface area contributed by atoms with Gasteiger partial charge < -0.3 is 15.4 Å². The molecule has 3 rings (SSSR count). The molecule has 0 spiro atoms. The molecule has 5 heteroatoms. The summed E-state index contributed by atoms with van der Waals surface area (Å²) >= 11 is 1.72. The third kappa shape index (κ3) is 5.94. The Balaban J connectivity index is 1.47. The highest BCUT2D eigenvalue weighted by atomic mass is 32.1. The van der Waals surface area contributed by atoms with Crippen LogP contribution in [0.3, 0.4) is 0 Å². The van der Waals surface area contributed by atoms with Crippen molar-refractivity contribution < 1.29 is 14.8 Å². The van der Waals surface area contributed by atoms with Crippen LogP contribution in [0.1, 0.15) is 27.6 Å². The fourth-order valence-electron chi connectivity index (χ4n) is 3.02. The number of quaternary nitrogens is 1. The number of ether oxygens (including phenoxy) is 1. The number of amides is 1. The predicted octanol–water partition coefficient (Wildman–Crippen LogP) is 3.21. The van der Waals surface area contributed by atoms with Crippen molar-refractivity contribution in [3.8, 4) is 5.75 Å². The topological polar surface area (TPSA) is 54.9 Å². The summed E-state index contributed by atoms with van der Waals surface area (Å²) in [5.74, 6) is 0.847.